The first kappa shape index (κ1) is 14.0. The van der Waals surface area contributed by atoms with Crippen molar-refractivity contribution >= 4 is 9.84 Å². The second-order valence-electron chi connectivity index (χ2n) is 4.07. The van der Waals surface area contributed by atoms with Gasteiger partial charge < -0.3 is 10.5 Å². The molecule has 0 amide bonds. The molecule has 0 aliphatic heterocycles. The summed E-state index contributed by atoms with van der Waals surface area (Å²) in [4.78, 5) is 0. The molecule has 1 rings (SSSR count). The van der Waals surface area contributed by atoms with Crippen molar-refractivity contribution in [3.05, 3.63) is 29.8 Å². The summed E-state index contributed by atoms with van der Waals surface area (Å²) < 4.78 is 28.6. The molecule has 0 saturated carbocycles. The predicted octanol–water partition coefficient (Wildman–Crippen LogP) is 1.35. The molecule has 1 aromatic rings. The van der Waals surface area contributed by atoms with E-state index >= 15 is 0 Å². The van der Waals surface area contributed by atoms with Gasteiger partial charge in [-0.25, -0.2) is 8.42 Å². The van der Waals surface area contributed by atoms with Crippen LogP contribution in [0.2, 0.25) is 0 Å². The highest BCUT2D eigenvalue weighted by atomic mass is 32.2. The zero-order chi connectivity index (χ0) is 12.9. The van der Waals surface area contributed by atoms with Crippen LogP contribution < -0.4 is 10.5 Å². The van der Waals surface area contributed by atoms with Gasteiger partial charge in [-0.3, -0.25) is 0 Å². The standard InChI is InChI=1S/C12H19NO3S/c1-3-11(13)9-17(14,15)8-10-4-6-12(16-2)7-5-10/h4-7,11H,3,8-9,13H2,1-2H3. The first-order valence-electron chi connectivity index (χ1n) is 5.55. The lowest BCUT2D eigenvalue weighted by Gasteiger charge is -2.10. The van der Waals surface area contributed by atoms with Crippen molar-refractivity contribution in [2.45, 2.75) is 25.1 Å². The third kappa shape index (κ3) is 4.75. The molecule has 17 heavy (non-hydrogen) atoms. The minimum Gasteiger partial charge on any atom is -0.497 e. The molecule has 0 aliphatic carbocycles. The number of nitrogens with two attached hydrogens (primary N) is 1. The maximum atomic E-state index is 11.8. The normalized spacial score (nSPS) is 13.4. The molecule has 5 heteroatoms. The van der Waals surface area contributed by atoms with E-state index in [0.717, 1.165) is 11.3 Å². The number of rotatable bonds is 6. The van der Waals surface area contributed by atoms with Crippen molar-refractivity contribution in [1.82, 2.24) is 0 Å². The monoisotopic (exact) mass is 257 g/mol. The third-order valence-electron chi connectivity index (χ3n) is 2.54. The number of methoxy groups -OCH3 is 1. The van der Waals surface area contributed by atoms with E-state index in [9.17, 15) is 8.42 Å². The lowest BCUT2D eigenvalue weighted by atomic mass is 10.2. The van der Waals surface area contributed by atoms with Crippen molar-refractivity contribution in [2.75, 3.05) is 12.9 Å². The highest BCUT2D eigenvalue weighted by molar-refractivity contribution is 7.90. The van der Waals surface area contributed by atoms with Gasteiger partial charge in [0.1, 0.15) is 5.75 Å². The van der Waals surface area contributed by atoms with Crippen LogP contribution in [-0.4, -0.2) is 27.3 Å². The molecular formula is C12H19NO3S. The molecule has 0 aliphatic rings. The second kappa shape index (κ2) is 6.02. The molecule has 4 nitrogen and oxygen atoms in total. The van der Waals surface area contributed by atoms with Crippen LogP contribution in [0.15, 0.2) is 24.3 Å². The van der Waals surface area contributed by atoms with Gasteiger partial charge in [-0.15, -0.1) is 0 Å². The summed E-state index contributed by atoms with van der Waals surface area (Å²) in [5.41, 5.74) is 6.42. The molecule has 0 saturated heterocycles. The van der Waals surface area contributed by atoms with Crippen molar-refractivity contribution < 1.29 is 13.2 Å². The Labute approximate surface area is 103 Å². The summed E-state index contributed by atoms with van der Waals surface area (Å²) in [6.45, 7) is 1.88. The van der Waals surface area contributed by atoms with Crippen molar-refractivity contribution in [2.24, 2.45) is 5.73 Å². The SMILES string of the molecule is CCC(N)CS(=O)(=O)Cc1ccc(OC)cc1. The van der Waals surface area contributed by atoms with E-state index in [1.165, 1.54) is 0 Å². The maximum Gasteiger partial charge on any atom is 0.155 e. The highest BCUT2D eigenvalue weighted by Gasteiger charge is 2.15. The Morgan fingerprint density at radius 1 is 1.29 bits per heavy atom. The zero-order valence-corrected chi connectivity index (χ0v) is 11.0. The number of benzene rings is 1. The Balaban J connectivity index is 2.69. The average molecular weight is 257 g/mol. The quantitative estimate of drug-likeness (QED) is 0.835. The molecule has 2 N–H and O–H groups in total. The summed E-state index contributed by atoms with van der Waals surface area (Å²) in [6.07, 6.45) is 0.668. The first-order chi connectivity index (χ1) is 7.96. The number of sulfone groups is 1. The van der Waals surface area contributed by atoms with Crippen LogP contribution in [-0.2, 0) is 15.6 Å². The van der Waals surface area contributed by atoms with Gasteiger partial charge in [-0.1, -0.05) is 19.1 Å². The van der Waals surface area contributed by atoms with Crippen LogP contribution in [0.1, 0.15) is 18.9 Å². The van der Waals surface area contributed by atoms with Gasteiger partial charge >= 0.3 is 0 Å². The number of hydrogen-bond acceptors (Lipinski definition) is 4. The Kier molecular flexibility index (Phi) is 4.96. The van der Waals surface area contributed by atoms with E-state index in [2.05, 4.69) is 0 Å². The van der Waals surface area contributed by atoms with Gasteiger partial charge in [-0.2, -0.15) is 0 Å². The van der Waals surface area contributed by atoms with Crippen LogP contribution >= 0.6 is 0 Å². The van der Waals surface area contributed by atoms with Gasteiger partial charge in [0.15, 0.2) is 9.84 Å². The second-order valence-corrected chi connectivity index (χ2v) is 6.18. The van der Waals surface area contributed by atoms with E-state index in [1.54, 1.807) is 31.4 Å². The molecule has 96 valence electrons. The topological polar surface area (TPSA) is 69.4 Å². The van der Waals surface area contributed by atoms with Crippen LogP contribution in [0.5, 0.6) is 5.75 Å². The lowest BCUT2D eigenvalue weighted by molar-refractivity contribution is 0.414. The molecule has 0 fully saturated rings. The van der Waals surface area contributed by atoms with Gasteiger partial charge in [0, 0.05) is 6.04 Å². The number of hydrogen-bond donors (Lipinski definition) is 1. The van der Waals surface area contributed by atoms with E-state index in [0.29, 0.717) is 6.42 Å². The fourth-order valence-electron chi connectivity index (χ4n) is 1.48. The lowest BCUT2D eigenvalue weighted by Crippen LogP contribution is -2.29. The molecule has 1 atom stereocenters. The average Bonchev–Trinajstić information content (AvgIpc) is 2.28. The summed E-state index contributed by atoms with van der Waals surface area (Å²) in [5, 5.41) is 0. The summed E-state index contributed by atoms with van der Waals surface area (Å²) in [7, 11) is -1.56. The van der Waals surface area contributed by atoms with Crippen molar-refractivity contribution in [3.63, 3.8) is 0 Å². The Bertz CT molecular complexity index is 439. The minimum atomic E-state index is -3.13. The van der Waals surface area contributed by atoms with Crippen molar-refractivity contribution in [1.29, 1.82) is 0 Å². The van der Waals surface area contributed by atoms with Crippen LogP contribution in [0, 0.1) is 0 Å². The Hall–Kier alpha value is -1.07. The van der Waals surface area contributed by atoms with Crippen LogP contribution in [0.4, 0.5) is 0 Å². The maximum absolute atomic E-state index is 11.8. The molecule has 1 unspecified atom stereocenters. The summed E-state index contributed by atoms with van der Waals surface area (Å²) in [6, 6.07) is 6.75. The van der Waals surface area contributed by atoms with E-state index < -0.39 is 9.84 Å². The first-order valence-corrected chi connectivity index (χ1v) is 7.38. The molecule has 0 heterocycles. The number of ether oxygens (including phenoxy) is 1. The smallest absolute Gasteiger partial charge is 0.155 e. The van der Waals surface area contributed by atoms with E-state index in [1.807, 2.05) is 6.92 Å². The van der Waals surface area contributed by atoms with Crippen molar-refractivity contribution in [3.8, 4) is 5.75 Å². The molecule has 0 radical (unpaired) electrons. The van der Waals surface area contributed by atoms with Crippen LogP contribution in [0.25, 0.3) is 0 Å². The third-order valence-corrected chi connectivity index (χ3v) is 4.25. The fourth-order valence-corrected chi connectivity index (χ4v) is 3.18. The Morgan fingerprint density at radius 2 is 1.88 bits per heavy atom. The van der Waals surface area contributed by atoms with Crippen LogP contribution in [0.3, 0.4) is 0 Å². The van der Waals surface area contributed by atoms with Gasteiger partial charge in [0.25, 0.3) is 0 Å². The van der Waals surface area contributed by atoms with E-state index in [-0.39, 0.29) is 17.5 Å². The molecule has 0 spiro atoms. The summed E-state index contributed by atoms with van der Waals surface area (Å²) in [5.74, 6) is 0.789. The molecule has 0 aromatic heterocycles. The molecule has 0 bridgehead atoms. The zero-order valence-electron chi connectivity index (χ0n) is 10.2. The predicted molar refractivity (Wildman–Crippen MR) is 68.8 cm³/mol. The molecule has 1 aromatic carbocycles. The highest BCUT2D eigenvalue weighted by Crippen LogP contribution is 2.14. The van der Waals surface area contributed by atoms with Gasteiger partial charge in [0.05, 0.1) is 18.6 Å². The largest absolute Gasteiger partial charge is 0.497 e. The fraction of sp³-hybridized carbons (Fsp3) is 0.500. The Morgan fingerprint density at radius 3 is 2.35 bits per heavy atom. The van der Waals surface area contributed by atoms with Gasteiger partial charge in [-0.05, 0) is 24.1 Å². The van der Waals surface area contributed by atoms with Gasteiger partial charge in [0.2, 0.25) is 0 Å². The van der Waals surface area contributed by atoms with E-state index in [4.69, 9.17) is 10.5 Å². The minimum absolute atomic E-state index is 0.0324. The molecular weight excluding hydrogens is 238 g/mol. The summed E-state index contributed by atoms with van der Waals surface area (Å²) >= 11 is 0.